The van der Waals surface area contributed by atoms with Crippen molar-refractivity contribution in [1.29, 1.82) is 0 Å². The number of benzene rings is 2. The van der Waals surface area contributed by atoms with Crippen LogP contribution in [0.3, 0.4) is 0 Å². The van der Waals surface area contributed by atoms with E-state index in [1.807, 2.05) is 73.9 Å². The van der Waals surface area contributed by atoms with Crippen molar-refractivity contribution in [3.63, 3.8) is 0 Å². The molecule has 2 aromatic carbocycles. The molecule has 176 valence electrons. The topological polar surface area (TPSA) is 87.4 Å². The SMILES string of the molecule is CCOc1ccc(CNC(=O)Cn2cnc3c(c(C)c(C)n3-c3ccccc3)c2=O)cc1OC. The van der Waals surface area contributed by atoms with E-state index in [0.29, 0.717) is 35.7 Å². The first kappa shape index (κ1) is 23.1. The molecule has 0 saturated heterocycles. The van der Waals surface area contributed by atoms with Gasteiger partial charge in [-0.25, -0.2) is 4.98 Å². The molecule has 0 unspecified atom stereocenters. The maximum Gasteiger partial charge on any atom is 0.263 e. The Balaban J connectivity index is 1.54. The number of rotatable bonds is 8. The first-order valence-electron chi connectivity index (χ1n) is 11.1. The number of ether oxygens (including phenoxy) is 2. The summed E-state index contributed by atoms with van der Waals surface area (Å²) < 4.78 is 14.2. The number of nitrogens with zero attached hydrogens (tertiary/aromatic N) is 3. The third-order valence-corrected chi connectivity index (χ3v) is 5.83. The lowest BCUT2D eigenvalue weighted by Gasteiger charge is -2.12. The smallest absolute Gasteiger partial charge is 0.263 e. The molecule has 0 atom stereocenters. The Kier molecular flexibility index (Phi) is 6.67. The van der Waals surface area contributed by atoms with E-state index in [-0.39, 0.29) is 18.0 Å². The lowest BCUT2D eigenvalue weighted by atomic mass is 10.2. The van der Waals surface area contributed by atoms with Gasteiger partial charge in [-0.1, -0.05) is 24.3 Å². The summed E-state index contributed by atoms with van der Waals surface area (Å²) in [5.41, 5.74) is 3.94. The van der Waals surface area contributed by atoms with Crippen molar-refractivity contribution < 1.29 is 14.3 Å². The number of aryl methyl sites for hydroxylation is 1. The number of amides is 1. The van der Waals surface area contributed by atoms with Crippen molar-refractivity contribution in [3.05, 3.63) is 82.0 Å². The maximum absolute atomic E-state index is 13.2. The van der Waals surface area contributed by atoms with Gasteiger partial charge in [-0.15, -0.1) is 0 Å². The molecule has 4 aromatic rings. The van der Waals surface area contributed by atoms with Crippen molar-refractivity contribution in [1.82, 2.24) is 19.4 Å². The predicted octanol–water partition coefficient (Wildman–Crippen LogP) is 3.53. The van der Waals surface area contributed by atoms with Gasteiger partial charge in [0.25, 0.3) is 5.56 Å². The van der Waals surface area contributed by atoms with E-state index in [0.717, 1.165) is 22.5 Å². The molecular formula is C26H28N4O4. The molecule has 2 aromatic heterocycles. The minimum Gasteiger partial charge on any atom is -0.493 e. The number of carbonyl (C=O) groups excluding carboxylic acids is 1. The van der Waals surface area contributed by atoms with E-state index in [1.54, 1.807) is 7.11 Å². The molecule has 0 radical (unpaired) electrons. The van der Waals surface area contributed by atoms with Crippen LogP contribution in [0.25, 0.3) is 16.7 Å². The minimum absolute atomic E-state index is 0.120. The molecule has 8 nitrogen and oxygen atoms in total. The highest BCUT2D eigenvalue weighted by atomic mass is 16.5. The number of hydrogen-bond acceptors (Lipinski definition) is 5. The molecule has 0 spiro atoms. The number of fused-ring (bicyclic) bond motifs is 1. The fourth-order valence-electron chi connectivity index (χ4n) is 4.00. The lowest BCUT2D eigenvalue weighted by Crippen LogP contribution is -2.32. The van der Waals surface area contributed by atoms with Crippen LogP contribution in [0, 0.1) is 13.8 Å². The van der Waals surface area contributed by atoms with E-state index < -0.39 is 0 Å². The summed E-state index contributed by atoms with van der Waals surface area (Å²) in [5, 5.41) is 3.38. The van der Waals surface area contributed by atoms with Gasteiger partial charge in [-0.2, -0.15) is 0 Å². The zero-order valence-electron chi connectivity index (χ0n) is 19.8. The fourth-order valence-corrected chi connectivity index (χ4v) is 4.00. The van der Waals surface area contributed by atoms with E-state index in [4.69, 9.17) is 9.47 Å². The second-order valence-corrected chi connectivity index (χ2v) is 7.95. The second kappa shape index (κ2) is 9.82. The van der Waals surface area contributed by atoms with E-state index in [1.165, 1.54) is 10.9 Å². The van der Waals surface area contributed by atoms with Crippen molar-refractivity contribution in [2.24, 2.45) is 0 Å². The highest BCUT2D eigenvalue weighted by Gasteiger charge is 2.18. The van der Waals surface area contributed by atoms with Gasteiger partial charge in [-0.05, 0) is 56.2 Å². The van der Waals surface area contributed by atoms with Crippen molar-refractivity contribution in [3.8, 4) is 17.2 Å². The van der Waals surface area contributed by atoms with Gasteiger partial charge in [0.2, 0.25) is 5.91 Å². The van der Waals surface area contributed by atoms with Crippen LogP contribution < -0.4 is 20.3 Å². The fraction of sp³-hybridized carbons (Fsp3) is 0.269. The summed E-state index contributed by atoms with van der Waals surface area (Å²) in [6, 6.07) is 15.3. The average molecular weight is 461 g/mol. The van der Waals surface area contributed by atoms with E-state index >= 15 is 0 Å². The molecule has 0 aliphatic carbocycles. The largest absolute Gasteiger partial charge is 0.493 e. The van der Waals surface area contributed by atoms with Crippen LogP contribution in [0.1, 0.15) is 23.7 Å². The first-order chi connectivity index (χ1) is 16.4. The van der Waals surface area contributed by atoms with Gasteiger partial charge >= 0.3 is 0 Å². The molecule has 2 heterocycles. The number of aromatic nitrogens is 3. The third-order valence-electron chi connectivity index (χ3n) is 5.83. The zero-order valence-corrected chi connectivity index (χ0v) is 19.8. The molecule has 0 aliphatic heterocycles. The number of para-hydroxylation sites is 1. The van der Waals surface area contributed by atoms with Crippen LogP contribution in [0.5, 0.6) is 11.5 Å². The quantitative estimate of drug-likeness (QED) is 0.435. The Hall–Kier alpha value is -4.07. The monoisotopic (exact) mass is 460 g/mol. The summed E-state index contributed by atoms with van der Waals surface area (Å²) in [5.74, 6) is 0.973. The van der Waals surface area contributed by atoms with Crippen LogP contribution in [-0.2, 0) is 17.9 Å². The first-order valence-corrected chi connectivity index (χ1v) is 11.1. The number of carbonyl (C=O) groups is 1. The highest BCUT2D eigenvalue weighted by Crippen LogP contribution is 2.28. The Labute approximate surface area is 197 Å². The Morgan fingerprint density at radius 3 is 2.56 bits per heavy atom. The summed E-state index contributed by atoms with van der Waals surface area (Å²) in [7, 11) is 1.57. The maximum atomic E-state index is 13.2. The molecule has 0 saturated carbocycles. The van der Waals surface area contributed by atoms with Gasteiger partial charge < -0.3 is 14.8 Å². The second-order valence-electron chi connectivity index (χ2n) is 7.95. The third kappa shape index (κ3) is 4.39. The van der Waals surface area contributed by atoms with Crippen LogP contribution in [0.2, 0.25) is 0 Å². The van der Waals surface area contributed by atoms with Crippen molar-refractivity contribution in [2.75, 3.05) is 13.7 Å². The summed E-state index contributed by atoms with van der Waals surface area (Å²) >= 11 is 0. The summed E-state index contributed by atoms with van der Waals surface area (Å²) in [6.07, 6.45) is 1.43. The van der Waals surface area contributed by atoms with E-state index in [2.05, 4.69) is 10.3 Å². The number of nitrogens with one attached hydrogen (secondary N) is 1. The summed E-state index contributed by atoms with van der Waals surface area (Å²) in [6.45, 7) is 6.49. The normalized spacial score (nSPS) is 10.9. The van der Waals surface area contributed by atoms with Crippen molar-refractivity contribution >= 4 is 16.9 Å². The van der Waals surface area contributed by atoms with Gasteiger partial charge in [0.15, 0.2) is 17.1 Å². The van der Waals surface area contributed by atoms with Gasteiger partial charge in [0, 0.05) is 17.9 Å². The molecule has 0 bridgehead atoms. The minimum atomic E-state index is -0.284. The van der Waals surface area contributed by atoms with Crippen LogP contribution >= 0.6 is 0 Å². The van der Waals surface area contributed by atoms with Crippen LogP contribution in [0.15, 0.2) is 59.7 Å². The molecule has 8 heteroatoms. The zero-order chi connectivity index (χ0) is 24.2. The van der Waals surface area contributed by atoms with E-state index in [9.17, 15) is 9.59 Å². The lowest BCUT2D eigenvalue weighted by molar-refractivity contribution is -0.121. The standard InChI is InChI=1S/C26H28N4O4/c1-5-34-21-12-11-19(13-22(21)33-4)14-27-23(31)15-29-16-28-25-24(26(29)32)17(2)18(3)30(25)20-9-7-6-8-10-20/h6-13,16H,5,14-15H2,1-4H3,(H,27,31). The van der Waals surface area contributed by atoms with Crippen molar-refractivity contribution in [2.45, 2.75) is 33.9 Å². The molecular weight excluding hydrogens is 432 g/mol. The Morgan fingerprint density at radius 1 is 1.09 bits per heavy atom. The number of hydrogen-bond donors (Lipinski definition) is 1. The van der Waals surface area contributed by atoms with Crippen LogP contribution in [0.4, 0.5) is 0 Å². The predicted molar refractivity (Wildman–Crippen MR) is 131 cm³/mol. The van der Waals surface area contributed by atoms with Gasteiger partial charge in [0.1, 0.15) is 12.9 Å². The Morgan fingerprint density at radius 2 is 1.85 bits per heavy atom. The molecule has 4 rings (SSSR count). The number of methoxy groups -OCH3 is 1. The van der Waals surface area contributed by atoms with Crippen LogP contribution in [-0.4, -0.2) is 33.7 Å². The molecule has 34 heavy (non-hydrogen) atoms. The Bertz CT molecular complexity index is 1390. The molecule has 0 fully saturated rings. The summed E-state index contributed by atoms with van der Waals surface area (Å²) in [4.78, 5) is 30.4. The molecule has 0 aliphatic rings. The average Bonchev–Trinajstić information content (AvgIpc) is 3.11. The van der Waals surface area contributed by atoms with Gasteiger partial charge in [-0.3, -0.25) is 18.7 Å². The van der Waals surface area contributed by atoms with Gasteiger partial charge in [0.05, 0.1) is 19.1 Å². The highest BCUT2D eigenvalue weighted by molar-refractivity contribution is 5.83. The molecule has 1 N–H and O–H groups in total. The molecule has 1 amide bonds.